The smallest absolute Gasteiger partial charge is 0.335 e. The highest BCUT2D eigenvalue weighted by molar-refractivity contribution is 6.32. The molecule has 4 amide bonds. The standard InChI is InChI=1S/C19H17N3O5/c1-26-13-9-7-12(8-10-13)22-18(24)14(17(23)21-19(22)25)11-20-15-5-3-4-6-16(15)27-2/h3-11,14H,1-2H3,(H,21,23,25)/t14-/m0/s1. The summed E-state index contributed by atoms with van der Waals surface area (Å²) in [4.78, 5) is 42.2. The molecule has 1 saturated heterocycles. The maximum Gasteiger partial charge on any atom is 0.335 e. The van der Waals surface area contributed by atoms with Crippen LogP contribution in [0.2, 0.25) is 0 Å². The van der Waals surface area contributed by atoms with Gasteiger partial charge >= 0.3 is 6.03 Å². The van der Waals surface area contributed by atoms with Gasteiger partial charge in [0, 0.05) is 6.21 Å². The topological polar surface area (TPSA) is 97.3 Å². The highest BCUT2D eigenvalue weighted by Gasteiger charge is 2.40. The van der Waals surface area contributed by atoms with Crippen LogP contribution in [0.25, 0.3) is 0 Å². The first-order valence-electron chi connectivity index (χ1n) is 8.05. The van der Waals surface area contributed by atoms with Gasteiger partial charge in [-0.2, -0.15) is 0 Å². The Morgan fingerprint density at radius 3 is 2.37 bits per heavy atom. The number of methoxy groups -OCH3 is 2. The Morgan fingerprint density at radius 1 is 1.00 bits per heavy atom. The van der Waals surface area contributed by atoms with E-state index in [2.05, 4.69) is 10.3 Å². The second-order valence-corrected chi connectivity index (χ2v) is 5.59. The van der Waals surface area contributed by atoms with Gasteiger partial charge in [-0.3, -0.25) is 19.9 Å². The van der Waals surface area contributed by atoms with E-state index in [0.717, 1.165) is 4.90 Å². The van der Waals surface area contributed by atoms with Crippen LogP contribution in [-0.2, 0) is 9.59 Å². The van der Waals surface area contributed by atoms with Crippen LogP contribution in [0, 0.1) is 5.92 Å². The van der Waals surface area contributed by atoms with Crippen LogP contribution in [0.1, 0.15) is 0 Å². The highest BCUT2D eigenvalue weighted by atomic mass is 16.5. The Kier molecular flexibility index (Phi) is 5.16. The molecule has 27 heavy (non-hydrogen) atoms. The number of imide groups is 2. The lowest BCUT2D eigenvalue weighted by Crippen LogP contribution is -2.58. The van der Waals surface area contributed by atoms with Gasteiger partial charge in [0.1, 0.15) is 17.2 Å². The minimum absolute atomic E-state index is 0.321. The third-order valence-corrected chi connectivity index (χ3v) is 3.98. The number of nitrogens with one attached hydrogen (secondary N) is 1. The fraction of sp³-hybridized carbons (Fsp3) is 0.158. The van der Waals surface area contributed by atoms with Crippen LogP contribution in [0.4, 0.5) is 16.2 Å². The van der Waals surface area contributed by atoms with Crippen molar-refractivity contribution in [3.8, 4) is 11.5 Å². The molecule has 0 aromatic heterocycles. The number of urea groups is 1. The molecule has 1 aliphatic heterocycles. The molecule has 0 aliphatic carbocycles. The number of benzene rings is 2. The molecular formula is C19H17N3O5. The molecule has 1 atom stereocenters. The lowest BCUT2D eigenvalue weighted by Gasteiger charge is -2.28. The number of hydrogen-bond donors (Lipinski definition) is 1. The number of nitrogens with zero attached hydrogens (tertiary/aromatic N) is 2. The normalized spacial score (nSPS) is 17.2. The van der Waals surface area contributed by atoms with Gasteiger partial charge in [-0.1, -0.05) is 12.1 Å². The Hall–Kier alpha value is -3.68. The monoisotopic (exact) mass is 367 g/mol. The number of carbonyl (C=O) groups is 3. The molecule has 1 N–H and O–H groups in total. The van der Waals surface area contributed by atoms with Crippen molar-refractivity contribution in [1.82, 2.24) is 5.32 Å². The SMILES string of the molecule is COc1ccc(N2C(=O)NC(=O)[C@H](C=Nc3ccccc3OC)C2=O)cc1. The average molecular weight is 367 g/mol. The van der Waals surface area contributed by atoms with E-state index in [-0.39, 0.29) is 0 Å². The number of ether oxygens (including phenoxy) is 2. The quantitative estimate of drug-likeness (QED) is 0.646. The molecular weight excluding hydrogens is 350 g/mol. The van der Waals surface area contributed by atoms with Crippen LogP contribution < -0.4 is 19.7 Å². The zero-order valence-electron chi connectivity index (χ0n) is 14.7. The van der Waals surface area contributed by atoms with E-state index >= 15 is 0 Å². The molecule has 0 bridgehead atoms. The maximum absolute atomic E-state index is 12.8. The van der Waals surface area contributed by atoms with Crippen LogP contribution in [0.15, 0.2) is 53.5 Å². The molecule has 3 rings (SSSR count). The van der Waals surface area contributed by atoms with E-state index in [9.17, 15) is 14.4 Å². The summed E-state index contributed by atoms with van der Waals surface area (Å²) in [6.45, 7) is 0. The molecule has 2 aromatic carbocycles. The lowest BCUT2D eigenvalue weighted by atomic mass is 10.1. The van der Waals surface area contributed by atoms with Crippen molar-refractivity contribution in [1.29, 1.82) is 0 Å². The van der Waals surface area contributed by atoms with Crippen molar-refractivity contribution in [2.45, 2.75) is 0 Å². The molecule has 1 aliphatic rings. The highest BCUT2D eigenvalue weighted by Crippen LogP contribution is 2.27. The summed E-state index contributed by atoms with van der Waals surface area (Å²) in [5, 5.41) is 2.18. The molecule has 1 fully saturated rings. The van der Waals surface area contributed by atoms with Crippen LogP contribution in [0.5, 0.6) is 11.5 Å². The van der Waals surface area contributed by atoms with Crippen molar-refractivity contribution < 1.29 is 23.9 Å². The molecule has 0 radical (unpaired) electrons. The summed E-state index contributed by atoms with van der Waals surface area (Å²) < 4.78 is 10.3. The fourth-order valence-corrected chi connectivity index (χ4v) is 2.59. The van der Waals surface area contributed by atoms with Crippen molar-refractivity contribution >= 4 is 35.4 Å². The Labute approximate surface area is 155 Å². The second-order valence-electron chi connectivity index (χ2n) is 5.59. The molecule has 8 heteroatoms. The van der Waals surface area contributed by atoms with Gasteiger partial charge in [0.05, 0.1) is 19.9 Å². The van der Waals surface area contributed by atoms with Crippen LogP contribution in [0.3, 0.4) is 0 Å². The third-order valence-electron chi connectivity index (χ3n) is 3.98. The predicted molar refractivity (Wildman–Crippen MR) is 98.7 cm³/mol. The van der Waals surface area contributed by atoms with Gasteiger partial charge < -0.3 is 9.47 Å². The zero-order chi connectivity index (χ0) is 19.4. The van der Waals surface area contributed by atoms with E-state index in [4.69, 9.17) is 9.47 Å². The maximum atomic E-state index is 12.8. The Bertz CT molecular complexity index is 908. The molecule has 2 aromatic rings. The van der Waals surface area contributed by atoms with E-state index < -0.39 is 23.8 Å². The summed E-state index contributed by atoms with van der Waals surface area (Å²) in [6, 6.07) is 12.5. The summed E-state index contributed by atoms with van der Waals surface area (Å²) in [6.07, 6.45) is 1.21. The van der Waals surface area contributed by atoms with Gasteiger partial charge in [0.2, 0.25) is 5.91 Å². The van der Waals surface area contributed by atoms with Gasteiger partial charge in [-0.05, 0) is 36.4 Å². The first kappa shape index (κ1) is 18.1. The number of hydrogen-bond acceptors (Lipinski definition) is 6. The van der Waals surface area contributed by atoms with Gasteiger partial charge in [0.25, 0.3) is 5.91 Å². The number of rotatable bonds is 5. The first-order valence-corrected chi connectivity index (χ1v) is 8.05. The summed E-state index contributed by atoms with van der Waals surface area (Å²) in [7, 11) is 3.01. The molecule has 0 unspecified atom stereocenters. The Balaban J connectivity index is 1.89. The van der Waals surface area contributed by atoms with Crippen molar-refractivity contribution in [2.75, 3.05) is 19.1 Å². The molecule has 0 saturated carbocycles. The summed E-state index contributed by atoms with van der Waals surface area (Å²) >= 11 is 0. The average Bonchev–Trinajstić information content (AvgIpc) is 2.68. The molecule has 138 valence electrons. The first-order chi connectivity index (χ1) is 13.0. The third kappa shape index (κ3) is 3.64. The van der Waals surface area contributed by atoms with Gasteiger partial charge in [-0.15, -0.1) is 0 Å². The van der Waals surface area contributed by atoms with Crippen LogP contribution >= 0.6 is 0 Å². The number of amides is 4. The van der Waals surface area contributed by atoms with Gasteiger partial charge in [0.15, 0.2) is 5.92 Å². The fourth-order valence-electron chi connectivity index (χ4n) is 2.59. The van der Waals surface area contributed by atoms with Crippen molar-refractivity contribution in [3.63, 3.8) is 0 Å². The lowest BCUT2D eigenvalue weighted by molar-refractivity contribution is -0.131. The number of carbonyl (C=O) groups excluding carboxylic acids is 3. The number of aliphatic imine (C=N–C) groups is 1. The van der Waals surface area contributed by atoms with E-state index in [0.29, 0.717) is 22.9 Å². The predicted octanol–water partition coefficient (Wildman–Crippen LogP) is 2.31. The van der Waals surface area contributed by atoms with E-state index in [1.807, 2.05) is 0 Å². The number of anilines is 1. The number of barbiturate groups is 1. The summed E-state index contributed by atoms with van der Waals surface area (Å²) in [5.74, 6) is -1.58. The van der Waals surface area contributed by atoms with E-state index in [1.54, 1.807) is 48.5 Å². The second kappa shape index (κ2) is 7.69. The minimum Gasteiger partial charge on any atom is -0.497 e. The van der Waals surface area contributed by atoms with Crippen molar-refractivity contribution in [2.24, 2.45) is 10.9 Å². The van der Waals surface area contributed by atoms with E-state index in [1.165, 1.54) is 20.4 Å². The largest absolute Gasteiger partial charge is 0.497 e. The number of para-hydroxylation sites is 2. The van der Waals surface area contributed by atoms with Crippen molar-refractivity contribution in [3.05, 3.63) is 48.5 Å². The summed E-state index contributed by atoms with van der Waals surface area (Å²) in [5.41, 5.74) is 0.787. The molecule has 0 spiro atoms. The van der Waals surface area contributed by atoms with Gasteiger partial charge in [-0.25, -0.2) is 9.69 Å². The van der Waals surface area contributed by atoms with Crippen LogP contribution in [-0.4, -0.2) is 38.3 Å². The molecule has 1 heterocycles. The minimum atomic E-state index is -1.24. The Morgan fingerprint density at radius 2 is 1.70 bits per heavy atom. The zero-order valence-corrected chi connectivity index (χ0v) is 14.7. The molecule has 8 nitrogen and oxygen atoms in total.